The molecule has 0 N–H and O–H groups in total. The fourth-order valence-electron chi connectivity index (χ4n) is 5.12. The molecule has 0 radical (unpaired) electrons. The number of carbonyl (C=O) groups is 1. The van der Waals surface area contributed by atoms with Crippen molar-refractivity contribution in [2.24, 2.45) is 23.2 Å². The first kappa shape index (κ1) is 21.6. The Morgan fingerprint density at radius 2 is 1.61 bits per heavy atom. The molecule has 2 aliphatic carbocycles. The highest BCUT2D eigenvalue weighted by Crippen LogP contribution is 2.38. The Hall–Kier alpha value is -1.12. The number of nitriles is 1. The summed E-state index contributed by atoms with van der Waals surface area (Å²) in [5.74, 6) is 1.50. The second kappa shape index (κ2) is 10.1. The van der Waals surface area contributed by atoms with E-state index >= 15 is 0 Å². The highest BCUT2D eigenvalue weighted by Gasteiger charge is 2.48. The van der Waals surface area contributed by atoms with E-state index in [4.69, 9.17) is 14.2 Å². The fraction of sp³-hybridized carbons (Fsp3) is 0.913. The average Bonchev–Trinajstić information content (AvgIpc) is 2.75. The molecule has 3 fully saturated rings. The first-order valence-electron chi connectivity index (χ1n) is 11.5. The maximum atomic E-state index is 12.8. The van der Waals surface area contributed by atoms with Gasteiger partial charge in [0.25, 0.3) is 0 Å². The van der Waals surface area contributed by atoms with Crippen molar-refractivity contribution in [2.45, 2.75) is 96.9 Å². The van der Waals surface area contributed by atoms with E-state index in [1.165, 1.54) is 32.1 Å². The van der Waals surface area contributed by atoms with E-state index in [0.717, 1.165) is 50.4 Å². The van der Waals surface area contributed by atoms with Crippen molar-refractivity contribution in [3.05, 3.63) is 0 Å². The van der Waals surface area contributed by atoms with Crippen LogP contribution in [0.2, 0.25) is 0 Å². The van der Waals surface area contributed by atoms with E-state index in [1.807, 2.05) is 0 Å². The molecule has 2 saturated carbocycles. The van der Waals surface area contributed by atoms with Crippen LogP contribution in [0.1, 0.15) is 84.5 Å². The molecular formula is C23H37NO4. The Morgan fingerprint density at radius 3 is 2.14 bits per heavy atom. The van der Waals surface area contributed by atoms with Crippen molar-refractivity contribution in [2.75, 3.05) is 13.2 Å². The van der Waals surface area contributed by atoms with Crippen LogP contribution in [0.4, 0.5) is 0 Å². The maximum Gasteiger partial charge on any atom is 0.331 e. The number of hydrogen-bond donors (Lipinski definition) is 0. The molecule has 0 spiro atoms. The van der Waals surface area contributed by atoms with Gasteiger partial charge in [0.2, 0.25) is 5.41 Å². The van der Waals surface area contributed by atoms with Crippen LogP contribution in [-0.2, 0) is 19.0 Å². The molecule has 3 aliphatic rings. The van der Waals surface area contributed by atoms with Crippen LogP contribution in [0, 0.1) is 34.5 Å². The van der Waals surface area contributed by atoms with Crippen LogP contribution in [0.3, 0.4) is 0 Å². The minimum absolute atomic E-state index is 0.0629. The van der Waals surface area contributed by atoms with Gasteiger partial charge in [-0.1, -0.05) is 33.1 Å². The molecule has 5 heteroatoms. The summed E-state index contributed by atoms with van der Waals surface area (Å²) < 4.78 is 17.6. The van der Waals surface area contributed by atoms with Gasteiger partial charge < -0.3 is 14.2 Å². The summed E-state index contributed by atoms with van der Waals surface area (Å²) in [6.07, 6.45) is 12.1. The molecule has 28 heavy (non-hydrogen) atoms. The van der Waals surface area contributed by atoms with Crippen LogP contribution >= 0.6 is 0 Å². The van der Waals surface area contributed by atoms with Crippen molar-refractivity contribution in [3.8, 4) is 6.07 Å². The van der Waals surface area contributed by atoms with Gasteiger partial charge in [0, 0.05) is 5.92 Å². The van der Waals surface area contributed by atoms with Crippen molar-refractivity contribution < 1.29 is 19.0 Å². The lowest BCUT2D eigenvalue weighted by Gasteiger charge is -2.40. The summed E-state index contributed by atoms with van der Waals surface area (Å²) in [6, 6.07) is 2.15. The molecule has 1 aliphatic heterocycles. The summed E-state index contributed by atoms with van der Waals surface area (Å²) in [5, 5.41) is 9.70. The predicted molar refractivity (Wildman–Crippen MR) is 106 cm³/mol. The van der Waals surface area contributed by atoms with Gasteiger partial charge in [-0.15, -0.1) is 0 Å². The summed E-state index contributed by atoms with van der Waals surface area (Å²) in [5.41, 5.74) is -1.31. The van der Waals surface area contributed by atoms with Gasteiger partial charge in [0.05, 0.1) is 19.3 Å². The third kappa shape index (κ3) is 5.07. The standard InChI is InChI=1S/C23H37NO4/c1-3-5-18-6-10-19(11-7-18)21-26-15-23(14-24,16-27-21)22(25)28-20-12-8-17(4-2)9-13-20/h17-21H,3-13,15-16H2,1-2H3/t17?,18?,19?,20?,21-,23+. The number of hydrogen-bond acceptors (Lipinski definition) is 5. The predicted octanol–water partition coefficient (Wildman–Crippen LogP) is 4.99. The second-order valence-corrected chi connectivity index (χ2v) is 9.21. The van der Waals surface area contributed by atoms with Crippen LogP contribution in [0.25, 0.3) is 0 Å². The Morgan fingerprint density at radius 1 is 1.00 bits per heavy atom. The van der Waals surface area contributed by atoms with Gasteiger partial charge in [-0.3, -0.25) is 4.79 Å². The molecule has 0 aromatic rings. The van der Waals surface area contributed by atoms with Gasteiger partial charge in [0.15, 0.2) is 6.29 Å². The molecule has 0 amide bonds. The monoisotopic (exact) mass is 391 g/mol. The van der Waals surface area contributed by atoms with Crippen LogP contribution in [0.5, 0.6) is 0 Å². The quantitative estimate of drug-likeness (QED) is 0.597. The van der Waals surface area contributed by atoms with Crippen LogP contribution in [-0.4, -0.2) is 31.6 Å². The molecule has 1 saturated heterocycles. The summed E-state index contributed by atoms with van der Waals surface area (Å²) in [7, 11) is 0. The van der Waals surface area contributed by atoms with E-state index < -0.39 is 11.4 Å². The molecule has 0 aromatic carbocycles. The molecule has 3 rings (SSSR count). The fourth-order valence-corrected chi connectivity index (χ4v) is 5.12. The minimum atomic E-state index is -1.31. The molecule has 158 valence electrons. The maximum absolute atomic E-state index is 12.8. The molecular weight excluding hydrogens is 354 g/mol. The zero-order valence-corrected chi connectivity index (χ0v) is 17.7. The van der Waals surface area contributed by atoms with Gasteiger partial charge in [-0.25, -0.2) is 0 Å². The SMILES string of the molecule is CCCC1CCC([C@H]2OC[C@@](C#N)(C(=O)OC3CCC(CC)CC3)CO2)CC1. The van der Waals surface area contributed by atoms with Crippen molar-refractivity contribution in [3.63, 3.8) is 0 Å². The number of esters is 1. The summed E-state index contributed by atoms with van der Waals surface area (Å²) in [4.78, 5) is 12.8. The van der Waals surface area contributed by atoms with Gasteiger partial charge in [-0.2, -0.15) is 5.26 Å². The number of rotatable bonds is 6. The second-order valence-electron chi connectivity index (χ2n) is 9.21. The van der Waals surface area contributed by atoms with Gasteiger partial charge in [-0.05, 0) is 63.2 Å². The zero-order valence-electron chi connectivity index (χ0n) is 17.7. The first-order chi connectivity index (χ1) is 13.6. The third-order valence-corrected chi connectivity index (χ3v) is 7.21. The van der Waals surface area contributed by atoms with Gasteiger partial charge in [0.1, 0.15) is 6.10 Å². The van der Waals surface area contributed by atoms with Crippen molar-refractivity contribution in [1.82, 2.24) is 0 Å². The largest absolute Gasteiger partial charge is 0.461 e. The number of nitrogens with zero attached hydrogens (tertiary/aromatic N) is 1. The topological polar surface area (TPSA) is 68.5 Å². The van der Waals surface area contributed by atoms with Gasteiger partial charge >= 0.3 is 5.97 Å². The normalized spacial score (nSPS) is 39.1. The Balaban J connectivity index is 1.47. The summed E-state index contributed by atoms with van der Waals surface area (Å²) in [6.45, 7) is 4.64. The molecule has 0 atom stereocenters. The molecule has 0 aromatic heterocycles. The lowest BCUT2D eigenvalue weighted by molar-refractivity contribution is -0.247. The number of ether oxygens (including phenoxy) is 3. The van der Waals surface area contributed by atoms with Crippen LogP contribution < -0.4 is 0 Å². The average molecular weight is 392 g/mol. The number of carbonyl (C=O) groups excluding carboxylic acids is 1. The third-order valence-electron chi connectivity index (χ3n) is 7.21. The zero-order chi connectivity index (χ0) is 20.0. The highest BCUT2D eigenvalue weighted by atomic mass is 16.7. The van der Waals surface area contributed by atoms with E-state index in [-0.39, 0.29) is 25.6 Å². The van der Waals surface area contributed by atoms with E-state index in [1.54, 1.807) is 0 Å². The lowest BCUT2D eigenvalue weighted by Crippen LogP contribution is -2.50. The minimum Gasteiger partial charge on any atom is -0.461 e. The summed E-state index contributed by atoms with van der Waals surface area (Å²) >= 11 is 0. The molecule has 0 unspecified atom stereocenters. The van der Waals surface area contributed by atoms with E-state index in [9.17, 15) is 10.1 Å². The molecule has 1 heterocycles. The Labute approximate surface area is 170 Å². The van der Waals surface area contributed by atoms with Crippen LogP contribution in [0.15, 0.2) is 0 Å². The first-order valence-corrected chi connectivity index (χ1v) is 11.5. The van der Waals surface area contributed by atoms with Crippen molar-refractivity contribution >= 4 is 5.97 Å². The molecule has 5 nitrogen and oxygen atoms in total. The lowest BCUT2D eigenvalue weighted by atomic mass is 9.79. The van der Waals surface area contributed by atoms with Crippen molar-refractivity contribution in [1.29, 1.82) is 5.26 Å². The van der Waals surface area contributed by atoms with E-state index in [0.29, 0.717) is 5.92 Å². The highest BCUT2D eigenvalue weighted by molar-refractivity contribution is 5.80. The Bertz CT molecular complexity index is 533. The molecule has 0 bridgehead atoms. The smallest absolute Gasteiger partial charge is 0.331 e. The Kier molecular flexibility index (Phi) is 7.77. The van der Waals surface area contributed by atoms with E-state index in [2.05, 4.69) is 19.9 Å².